The molecule has 0 unspecified atom stereocenters. The van der Waals surface area contributed by atoms with E-state index in [9.17, 15) is 14.0 Å². The molecule has 4 nitrogen and oxygen atoms in total. The molecule has 0 aliphatic carbocycles. The van der Waals surface area contributed by atoms with Crippen LogP contribution >= 0.6 is 0 Å². The van der Waals surface area contributed by atoms with Crippen LogP contribution < -0.4 is 10.6 Å². The molecule has 136 valence electrons. The minimum Gasteiger partial charge on any atom is -0.348 e. The Morgan fingerprint density at radius 2 is 1.56 bits per heavy atom. The third-order valence-electron chi connectivity index (χ3n) is 4.00. The predicted octanol–water partition coefficient (Wildman–Crippen LogP) is 4.32. The molecule has 3 aromatic rings. The van der Waals surface area contributed by atoms with Crippen LogP contribution in [0.3, 0.4) is 0 Å². The monoisotopic (exact) mass is 362 g/mol. The first-order chi connectivity index (χ1) is 13.0. The second kappa shape index (κ2) is 8.27. The van der Waals surface area contributed by atoms with Crippen LogP contribution in [0, 0.1) is 12.7 Å². The van der Waals surface area contributed by atoms with Crippen molar-refractivity contribution in [3.8, 4) is 0 Å². The van der Waals surface area contributed by atoms with Crippen molar-refractivity contribution in [3.63, 3.8) is 0 Å². The van der Waals surface area contributed by atoms with E-state index in [0.29, 0.717) is 23.4 Å². The van der Waals surface area contributed by atoms with Gasteiger partial charge in [0.15, 0.2) is 0 Å². The number of hydrogen-bond donors (Lipinski definition) is 2. The van der Waals surface area contributed by atoms with Crippen molar-refractivity contribution in [1.29, 1.82) is 0 Å². The quantitative estimate of drug-likeness (QED) is 0.710. The third-order valence-corrected chi connectivity index (χ3v) is 4.00. The van der Waals surface area contributed by atoms with Gasteiger partial charge in [-0.15, -0.1) is 0 Å². The molecule has 0 radical (unpaired) electrons. The molecule has 0 aliphatic heterocycles. The highest BCUT2D eigenvalue weighted by Gasteiger charge is 2.11. The van der Waals surface area contributed by atoms with Crippen molar-refractivity contribution in [2.75, 3.05) is 5.32 Å². The molecule has 5 heteroatoms. The summed E-state index contributed by atoms with van der Waals surface area (Å²) in [4.78, 5) is 24.7. The molecule has 27 heavy (non-hydrogen) atoms. The van der Waals surface area contributed by atoms with Gasteiger partial charge in [-0.3, -0.25) is 9.59 Å². The Morgan fingerprint density at radius 3 is 2.30 bits per heavy atom. The molecule has 3 aromatic carbocycles. The van der Waals surface area contributed by atoms with Crippen LogP contribution in [0.2, 0.25) is 0 Å². The summed E-state index contributed by atoms with van der Waals surface area (Å²) < 4.78 is 13.2. The number of carbonyl (C=O) groups excluding carboxylic acids is 2. The molecule has 0 atom stereocenters. The number of rotatable bonds is 5. The summed E-state index contributed by atoms with van der Waals surface area (Å²) in [6, 6.07) is 19.9. The number of nitrogens with one attached hydrogen (secondary N) is 2. The van der Waals surface area contributed by atoms with Crippen LogP contribution in [0.25, 0.3) is 0 Å². The first-order valence-electron chi connectivity index (χ1n) is 8.52. The Balaban J connectivity index is 1.67. The number of halogens is 1. The van der Waals surface area contributed by atoms with E-state index in [1.165, 1.54) is 24.3 Å². The Morgan fingerprint density at radius 1 is 0.852 bits per heavy atom. The molecule has 0 saturated carbocycles. The van der Waals surface area contributed by atoms with E-state index < -0.39 is 11.7 Å². The zero-order valence-corrected chi connectivity index (χ0v) is 14.8. The maximum atomic E-state index is 13.2. The zero-order chi connectivity index (χ0) is 19.2. The van der Waals surface area contributed by atoms with Gasteiger partial charge in [-0.1, -0.05) is 42.0 Å². The van der Waals surface area contributed by atoms with Crippen LogP contribution in [0.15, 0.2) is 72.8 Å². The first-order valence-corrected chi connectivity index (χ1v) is 8.52. The van der Waals surface area contributed by atoms with Gasteiger partial charge in [0.1, 0.15) is 5.82 Å². The van der Waals surface area contributed by atoms with Crippen LogP contribution in [0.5, 0.6) is 0 Å². The van der Waals surface area contributed by atoms with Gasteiger partial charge < -0.3 is 10.6 Å². The van der Waals surface area contributed by atoms with Gasteiger partial charge in [0.25, 0.3) is 11.8 Å². The summed E-state index contributed by atoms with van der Waals surface area (Å²) in [7, 11) is 0. The summed E-state index contributed by atoms with van der Waals surface area (Å²) in [6.07, 6.45) is 0. The lowest BCUT2D eigenvalue weighted by Gasteiger charge is -2.09. The molecule has 0 bridgehead atoms. The van der Waals surface area contributed by atoms with E-state index in [2.05, 4.69) is 10.6 Å². The second-order valence-corrected chi connectivity index (χ2v) is 6.22. The van der Waals surface area contributed by atoms with E-state index in [1.54, 1.807) is 24.3 Å². The number of aryl methyl sites for hydroxylation is 1. The summed E-state index contributed by atoms with van der Waals surface area (Å²) in [6.45, 7) is 2.40. The number of benzene rings is 3. The van der Waals surface area contributed by atoms with Crippen LogP contribution in [-0.4, -0.2) is 11.8 Å². The standard InChI is InChI=1S/C22H19FN2O2/c1-15-5-2-6-16(11-15)14-24-21(26)17-7-3-8-18(12-17)22(27)25-20-10-4-9-19(23)13-20/h2-13H,14H2,1H3,(H,24,26)(H,25,27). The lowest BCUT2D eigenvalue weighted by atomic mass is 10.1. The molecule has 0 heterocycles. The van der Waals surface area contributed by atoms with Crippen molar-refractivity contribution in [2.45, 2.75) is 13.5 Å². The fourth-order valence-corrected chi connectivity index (χ4v) is 2.68. The van der Waals surface area contributed by atoms with E-state index in [0.717, 1.165) is 11.1 Å². The fourth-order valence-electron chi connectivity index (χ4n) is 2.68. The molecule has 3 rings (SSSR count). The van der Waals surface area contributed by atoms with Gasteiger partial charge in [0.2, 0.25) is 0 Å². The maximum absolute atomic E-state index is 13.2. The SMILES string of the molecule is Cc1cccc(CNC(=O)c2cccc(C(=O)Nc3cccc(F)c3)c2)c1. The molecular weight excluding hydrogens is 343 g/mol. The molecule has 0 aliphatic rings. The van der Waals surface area contributed by atoms with Gasteiger partial charge in [-0.05, 0) is 48.9 Å². The summed E-state index contributed by atoms with van der Waals surface area (Å²) in [5.74, 6) is -1.11. The van der Waals surface area contributed by atoms with Crippen molar-refractivity contribution in [1.82, 2.24) is 5.32 Å². The normalized spacial score (nSPS) is 10.3. The Hall–Kier alpha value is -3.47. The Kier molecular flexibility index (Phi) is 5.61. The van der Waals surface area contributed by atoms with Gasteiger partial charge in [-0.2, -0.15) is 0 Å². The summed E-state index contributed by atoms with van der Waals surface area (Å²) >= 11 is 0. The second-order valence-electron chi connectivity index (χ2n) is 6.22. The molecule has 0 fully saturated rings. The zero-order valence-electron chi connectivity index (χ0n) is 14.8. The minimum atomic E-state index is -0.433. The fraction of sp³-hybridized carbons (Fsp3) is 0.0909. The van der Waals surface area contributed by atoms with Crippen LogP contribution in [-0.2, 0) is 6.54 Å². The number of anilines is 1. The number of hydrogen-bond acceptors (Lipinski definition) is 2. The number of carbonyl (C=O) groups is 2. The van der Waals surface area contributed by atoms with E-state index in [1.807, 2.05) is 31.2 Å². The average Bonchev–Trinajstić information content (AvgIpc) is 2.66. The highest BCUT2D eigenvalue weighted by atomic mass is 19.1. The Bertz CT molecular complexity index is 985. The highest BCUT2D eigenvalue weighted by Crippen LogP contribution is 2.13. The molecular formula is C22H19FN2O2. The van der Waals surface area contributed by atoms with Crippen molar-refractivity contribution in [3.05, 3.63) is 101 Å². The van der Waals surface area contributed by atoms with Crippen molar-refractivity contribution < 1.29 is 14.0 Å². The van der Waals surface area contributed by atoms with Crippen LogP contribution in [0.1, 0.15) is 31.8 Å². The molecule has 0 aromatic heterocycles. The predicted molar refractivity (Wildman–Crippen MR) is 103 cm³/mol. The summed E-state index contributed by atoms with van der Waals surface area (Å²) in [5, 5.41) is 5.46. The minimum absolute atomic E-state index is 0.267. The van der Waals surface area contributed by atoms with Gasteiger partial charge in [0.05, 0.1) is 0 Å². The Labute approximate surface area is 157 Å². The average molecular weight is 362 g/mol. The first kappa shape index (κ1) is 18.3. The van der Waals surface area contributed by atoms with Crippen LogP contribution in [0.4, 0.5) is 10.1 Å². The molecule has 0 saturated heterocycles. The summed E-state index contributed by atoms with van der Waals surface area (Å²) in [5.41, 5.74) is 3.19. The lowest BCUT2D eigenvalue weighted by Crippen LogP contribution is -2.23. The topological polar surface area (TPSA) is 58.2 Å². The smallest absolute Gasteiger partial charge is 0.255 e. The number of amides is 2. The van der Waals surface area contributed by atoms with Gasteiger partial charge in [-0.25, -0.2) is 4.39 Å². The van der Waals surface area contributed by atoms with E-state index >= 15 is 0 Å². The van der Waals surface area contributed by atoms with E-state index in [4.69, 9.17) is 0 Å². The third kappa shape index (κ3) is 5.01. The highest BCUT2D eigenvalue weighted by molar-refractivity contribution is 6.06. The maximum Gasteiger partial charge on any atom is 0.255 e. The largest absolute Gasteiger partial charge is 0.348 e. The molecule has 2 amide bonds. The molecule has 0 spiro atoms. The lowest BCUT2D eigenvalue weighted by molar-refractivity contribution is 0.0951. The van der Waals surface area contributed by atoms with Gasteiger partial charge in [0, 0.05) is 23.4 Å². The van der Waals surface area contributed by atoms with Crippen molar-refractivity contribution >= 4 is 17.5 Å². The van der Waals surface area contributed by atoms with Crippen molar-refractivity contribution in [2.24, 2.45) is 0 Å². The van der Waals surface area contributed by atoms with Gasteiger partial charge >= 0.3 is 0 Å². The molecule has 2 N–H and O–H groups in total. The van der Waals surface area contributed by atoms with E-state index in [-0.39, 0.29) is 5.91 Å².